The first-order chi connectivity index (χ1) is 47.0. The zero-order chi connectivity index (χ0) is 72.8. The van der Waals surface area contributed by atoms with E-state index >= 15 is 4.79 Å². The molecule has 0 bridgehead atoms. The van der Waals surface area contributed by atoms with Gasteiger partial charge in [-0.2, -0.15) is 0 Å². The molecular formula is C73H106O27. The molecule has 0 radical (unpaired) electrons. The first-order valence-corrected chi connectivity index (χ1v) is 35.3. The Balaban J connectivity index is 0.000000516. The van der Waals surface area contributed by atoms with Gasteiger partial charge in [0.1, 0.15) is 97.0 Å². The number of benzene rings is 1. The second kappa shape index (κ2) is 29.4. The van der Waals surface area contributed by atoms with Crippen LogP contribution in [0, 0.1) is 50.2 Å². The van der Waals surface area contributed by atoms with Crippen LogP contribution in [-0.2, 0) is 61.8 Å². The van der Waals surface area contributed by atoms with Crippen molar-refractivity contribution in [3.05, 3.63) is 84.0 Å². The lowest BCUT2D eigenvalue weighted by Crippen LogP contribution is -2.68. The molecule has 27 nitrogen and oxygen atoms in total. The van der Waals surface area contributed by atoms with E-state index in [4.69, 9.17) is 47.4 Å². The van der Waals surface area contributed by atoms with Crippen LogP contribution in [0.3, 0.4) is 0 Å². The molecule has 0 amide bonds. The lowest BCUT2D eigenvalue weighted by atomic mass is 9.33. The molecule has 11 aliphatic rings. The van der Waals surface area contributed by atoms with Gasteiger partial charge in [-0.3, -0.25) is 14.4 Å². The zero-order valence-electron chi connectivity index (χ0n) is 58.3. The summed E-state index contributed by atoms with van der Waals surface area (Å²) < 4.78 is 59.6. The fraction of sp³-hybridized carbons (Fsp3) is 0.767. The summed E-state index contributed by atoms with van der Waals surface area (Å²) in [7, 11) is 0. The highest BCUT2D eigenvalue weighted by molar-refractivity contribution is 6.18. The number of carbonyl (C=O) groups excluding carboxylic acids is 3. The number of esters is 1. The number of aliphatic hydroxyl groups excluding tert-OH is 14. The van der Waals surface area contributed by atoms with E-state index in [0.29, 0.717) is 31.3 Å². The van der Waals surface area contributed by atoms with Crippen molar-refractivity contribution in [2.75, 3.05) is 19.8 Å². The minimum Gasteiger partial charge on any atom is -0.432 e. The lowest BCUT2D eigenvalue weighted by molar-refractivity contribution is -0.374. The summed E-state index contributed by atoms with van der Waals surface area (Å²) in [5.74, 6) is -1.50. The van der Waals surface area contributed by atoms with E-state index in [1.54, 1.807) is 13.0 Å². The fourth-order valence-electron chi connectivity index (χ4n) is 19.3. The normalized spacial score (nSPS) is 48.6. The van der Waals surface area contributed by atoms with Gasteiger partial charge in [-0.25, -0.2) is 0 Å². The average molecular weight is 1420 g/mol. The Labute approximate surface area is 582 Å². The quantitative estimate of drug-likeness (QED) is 0.0527. The Hall–Kier alpha value is -3.93. The molecule has 33 atom stereocenters. The maximum atomic E-state index is 15.4. The molecule has 100 heavy (non-hydrogen) atoms. The number of fused-ring (bicyclic) bond motifs is 7. The SMILES string of the molecule is C=CC(C1=CC(=O)C=CC1=O)c1ccccc1.CC1OC(OC2CCC3(C)C(CCC4(C)C3CC=C3C5CC(C)(C)CCC5(C(=O)OC5OCC(O)C(O)C5OC5OC(C)C(OC6OC(CO)C(O)C(O)C6O)C(O)C5O)C(O)CC34C)C2(C)C)C(O)C(O)C1OC1OCC(O)C(O)C1O. The van der Waals surface area contributed by atoms with Gasteiger partial charge in [-0.05, 0) is 140 Å². The number of rotatable bonds is 14. The first-order valence-electron chi connectivity index (χ1n) is 35.3. The maximum absolute atomic E-state index is 15.4. The second-order valence-corrected chi connectivity index (χ2v) is 32.1. The van der Waals surface area contributed by atoms with E-state index in [9.17, 15) is 81.1 Å². The van der Waals surface area contributed by atoms with E-state index in [2.05, 4.69) is 61.1 Å². The van der Waals surface area contributed by atoms with Gasteiger partial charge < -0.3 is 119 Å². The van der Waals surface area contributed by atoms with E-state index in [1.807, 2.05) is 30.3 Å². The molecule has 9 fully saturated rings. The Morgan fingerprint density at radius 1 is 0.610 bits per heavy atom. The van der Waals surface area contributed by atoms with Gasteiger partial charge in [-0.1, -0.05) is 96.5 Å². The van der Waals surface area contributed by atoms with Crippen molar-refractivity contribution in [1.29, 1.82) is 0 Å². The Bertz CT molecular complexity index is 3180. The van der Waals surface area contributed by atoms with Crippen molar-refractivity contribution in [3.8, 4) is 0 Å². The van der Waals surface area contributed by atoms with Crippen LogP contribution in [0.15, 0.2) is 78.4 Å². The van der Waals surface area contributed by atoms with Gasteiger partial charge in [0.15, 0.2) is 42.8 Å². The molecule has 4 saturated carbocycles. The molecule has 12 rings (SSSR count). The maximum Gasteiger partial charge on any atom is 0.317 e. The predicted molar refractivity (Wildman–Crippen MR) is 349 cm³/mol. The Kier molecular flexibility index (Phi) is 22.7. The summed E-state index contributed by atoms with van der Waals surface area (Å²) in [6, 6.07) is 9.55. The van der Waals surface area contributed by atoms with Crippen molar-refractivity contribution >= 4 is 17.5 Å². The summed E-state index contributed by atoms with van der Waals surface area (Å²) in [6.45, 7) is 20.9. The third-order valence-corrected chi connectivity index (χ3v) is 25.4. The summed E-state index contributed by atoms with van der Waals surface area (Å²) >= 11 is 0. The van der Waals surface area contributed by atoms with Crippen molar-refractivity contribution in [1.82, 2.24) is 0 Å². The van der Waals surface area contributed by atoms with Crippen LogP contribution in [0.25, 0.3) is 0 Å². The molecule has 0 spiro atoms. The highest BCUT2D eigenvalue weighted by Gasteiger charge is 2.72. The summed E-state index contributed by atoms with van der Waals surface area (Å²) in [5, 5.41) is 152. The number of ketones is 2. The van der Waals surface area contributed by atoms with Crippen LogP contribution < -0.4 is 0 Å². The molecule has 5 heterocycles. The fourth-order valence-corrected chi connectivity index (χ4v) is 19.3. The van der Waals surface area contributed by atoms with Crippen molar-refractivity contribution in [3.63, 3.8) is 0 Å². The van der Waals surface area contributed by atoms with Crippen LogP contribution in [0.2, 0.25) is 0 Å². The van der Waals surface area contributed by atoms with Crippen molar-refractivity contribution in [2.24, 2.45) is 50.2 Å². The highest BCUT2D eigenvalue weighted by Crippen LogP contribution is 2.76. The number of hydrogen-bond acceptors (Lipinski definition) is 27. The monoisotopic (exact) mass is 1410 g/mol. The third kappa shape index (κ3) is 13.7. The summed E-state index contributed by atoms with van der Waals surface area (Å²) in [6.07, 6.45) is -23.6. The van der Waals surface area contributed by atoms with Gasteiger partial charge in [0.2, 0.25) is 6.29 Å². The molecule has 14 N–H and O–H groups in total. The number of carbonyl (C=O) groups is 3. The molecule has 6 aliphatic carbocycles. The Morgan fingerprint density at radius 3 is 1.81 bits per heavy atom. The van der Waals surface area contributed by atoms with E-state index < -0.39 is 195 Å². The topological polar surface area (TPSA) is 427 Å². The van der Waals surface area contributed by atoms with Crippen LogP contribution in [0.5, 0.6) is 0 Å². The van der Waals surface area contributed by atoms with E-state index in [-0.39, 0.29) is 65.0 Å². The number of hydrogen-bond donors (Lipinski definition) is 14. The highest BCUT2D eigenvalue weighted by atomic mass is 16.8. The molecule has 0 aromatic heterocycles. The number of allylic oxidation sites excluding steroid dienone is 7. The van der Waals surface area contributed by atoms with Gasteiger partial charge in [-0.15, -0.1) is 6.58 Å². The van der Waals surface area contributed by atoms with Gasteiger partial charge in [0, 0.05) is 11.5 Å². The zero-order valence-corrected chi connectivity index (χ0v) is 58.3. The minimum absolute atomic E-state index is 0.127. The van der Waals surface area contributed by atoms with Gasteiger partial charge in [0.05, 0.1) is 44.2 Å². The largest absolute Gasteiger partial charge is 0.432 e. The van der Waals surface area contributed by atoms with E-state index in [0.717, 1.165) is 30.4 Å². The van der Waals surface area contributed by atoms with Crippen LogP contribution >= 0.6 is 0 Å². The summed E-state index contributed by atoms with van der Waals surface area (Å²) in [5.41, 5.74) is -0.828. The van der Waals surface area contributed by atoms with Gasteiger partial charge in [0.25, 0.3) is 0 Å². The molecule has 1 aromatic carbocycles. The van der Waals surface area contributed by atoms with Crippen molar-refractivity contribution < 1.29 is 133 Å². The van der Waals surface area contributed by atoms with Crippen LogP contribution in [-0.4, -0.2) is 262 Å². The van der Waals surface area contributed by atoms with Gasteiger partial charge >= 0.3 is 5.97 Å². The standard InChI is InChI=1S/C58H94O25.C15H12O2/c1-23-44(80-47-40(69)34(63)27(60)21-74-47)38(67)42(71)48(76-23)79-33-13-14-55(7)30(54(33,5)6)12-15-56(8)31(55)11-10-25-26-18-53(3,4)16-17-58(26,32(62)19-57(25,56)9)52(73)83-51-46(35(64)28(61)22-75-51)82-49-43(72)39(68)45(24(2)77-49)81-50-41(70)37(66)36(65)29(20-59)78-50;1-2-13(11-6-4-3-5-7-11)14-10-12(16)8-9-15(14)17/h10,23-24,26-51,59-72H,11-22H2,1-9H3;2-10,13H,1H2. The van der Waals surface area contributed by atoms with Crippen molar-refractivity contribution in [2.45, 2.75) is 280 Å². The Morgan fingerprint density at radius 2 is 1.18 bits per heavy atom. The van der Waals surface area contributed by atoms with E-state index in [1.165, 1.54) is 25.2 Å². The molecular weight excluding hydrogens is 1310 g/mol. The average Bonchev–Trinajstić information content (AvgIpc) is 0.671. The predicted octanol–water partition coefficient (Wildman–Crippen LogP) is 0.684. The molecule has 560 valence electrons. The molecule has 33 unspecified atom stereocenters. The smallest absolute Gasteiger partial charge is 0.317 e. The molecule has 5 aliphatic heterocycles. The lowest BCUT2D eigenvalue weighted by Gasteiger charge is -2.71. The summed E-state index contributed by atoms with van der Waals surface area (Å²) in [4.78, 5) is 38.5. The number of ether oxygens (including phenoxy) is 10. The molecule has 1 aromatic rings. The first kappa shape index (κ1) is 77.2. The number of aliphatic hydroxyl groups is 14. The second-order valence-electron chi connectivity index (χ2n) is 32.1. The minimum atomic E-state index is -1.93. The molecule has 27 heteroatoms. The van der Waals surface area contributed by atoms with Crippen LogP contribution in [0.4, 0.5) is 0 Å². The third-order valence-electron chi connectivity index (χ3n) is 25.4. The van der Waals surface area contributed by atoms with Crippen LogP contribution in [0.1, 0.15) is 132 Å². The molecule has 5 saturated heterocycles.